The highest BCUT2D eigenvalue weighted by atomic mass is 15.2. The van der Waals surface area contributed by atoms with Gasteiger partial charge in [0.25, 0.3) is 0 Å². The van der Waals surface area contributed by atoms with Crippen molar-refractivity contribution >= 4 is 0 Å². The van der Waals surface area contributed by atoms with E-state index in [-0.39, 0.29) is 0 Å². The molecule has 3 rings (SSSR count). The van der Waals surface area contributed by atoms with Crippen molar-refractivity contribution in [1.82, 2.24) is 10.2 Å². The summed E-state index contributed by atoms with van der Waals surface area (Å²) in [6, 6.07) is 11.8. The third-order valence-corrected chi connectivity index (χ3v) is 4.96. The number of nitrogens with zero attached hydrogens (tertiary/aromatic N) is 1. The first-order valence-corrected chi connectivity index (χ1v) is 7.81. The van der Waals surface area contributed by atoms with Crippen LogP contribution in [0.4, 0.5) is 0 Å². The van der Waals surface area contributed by atoms with Gasteiger partial charge in [0.2, 0.25) is 0 Å². The van der Waals surface area contributed by atoms with Crippen molar-refractivity contribution in [3.8, 4) is 0 Å². The lowest BCUT2D eigenvalue weighted by molar-refractivity contribution is 0.121. The van der Waals surface area contributed by atoms with Gasteiger partial charge in [-0.15, -0.1) is 0 Å². The fourth-order valence-corrected chi connectivity index (χ4v) is 3.72. The number of hydrogen-bond acceptors (Lipinski definition) is 2. The highest BCUT2D eigenvalue weighted by Crippen LogP contribution is 2.25. The van der Waals surface area contributed by atoms with Crippen molar-refractivity contribution in [3.05, 3.63) is 35.9 Å². The van der Waals surface area contributed by atoms with Crippen LogP contribution in [-0.2, 0) is 6.42 Å². The molecule has 2 unspecified atom stereocenters. The Morgan fingerprint density at radius 1 is 1.11 bits per heavy atom. The molecule has 1 N–H and O–H groups in total. The van der Waals surface area contributed by atoms with Gasteiger partial charge in [-0.25, -0.2) is 0 Å². The van der Waals surface area contributed by atoms with Gasteiger partial charge >= 0.3 is 0 Å². The first-order chi connectivity index (χ1) is 9.33. The Balaban J connectivity index is 1.49. The molecule has 2 heterocycles. The molecule has 1 aromatic carbocycles. The highest BCUT2D eigenvalue weighted by Gasteiger charge is 2.31. The van der Waals surface area contributed by atoms with E-state index in [1.165, 1.54) is 51.0 Å². The Labute approximate surface area is 117 Å². The van der Waals surface area contributed by atoms with Gasteiger partial charge in [-0.2, -0.15) is 0 Å². The molecule has 0 aromatic heterocycles. The summed E-state index contributed by atoms with van der Waals surface area (Å²) < 4.78 is 0. The van der Waals surface area contributed by atoms with Gasteiger partial charge in [0, 0.05) is 12.6 Å². The summed E-state index contributed by atoms with van der Waals surface area (Å²) in [6.45, 7) is 7.39. The molecule has 0 bridgehead atoms. The zero-order valence-corrected chi connectivity index (χ0v) is 12.0. The highest BCUT2D eigenvalue weighted by molar-refractivity contribution is 5.15. The van der Waals surface area contributed by atoms with Crippen molar-refractivity contribution in [2.75, 3.05) is 26.2 Å². The second-order valence-electron chi connectivity index (χ2n) is 6.37. The van der Waals surface area contributed by atoms with Crippen LogP contribution in [0.5, 0.6) is 0 Å². The van der Waals surface area contributed by atoms with E-state index in [1.807, 2.05) is 0 Å². The molecule has 0 amide bonds. The molecule has 1 aromatic rings. The summed E-state index contributed by atoms with van der Waals surface area (Å²) in [5, 5.41) is 3.53. The maximum atomic E-state index is 3.53. The summed E-state index contributed by atoms with van der Waals surface area (Å²) in [4.78, 5) is 2.73. The summed E-state index contributed by atoms with van der Waals surface area (Å²) >= 11 is 0. The minimum absolute atomic E-state index is 0.790. The minimum atomic E-state index is 0.790. The Morgan fingerprint density at radius 2 is 1.84 bits per heavy atom. The number of hydrogen-bond donors (Lipinski definition) is 1. The van der Waals surface area contributed by atoms with Crippen molar-refractivity contribution in [3.63, 3.8) is 0 Å². The van der Waals surface area contributed by atoms with Gasteiger partial charge < -0.3 is 5.32 Å². The van der Waals surface area contributed by atoms with Crippen LogP contribution in [0, 0.1) is 11.8 Å². The lowest BCUT2D eigenvalue weighted by Gasteiger charge is -2.37. The van der Waals surface area contributed by atoms with E-state index in [1.54, 1.807) is 0 Å². The minimum Gasteiger partial charge on any atom is -0.315 e. The molecule has 2 fully saturated rings. The largest absolute Gasteiger partial charge is 0.315 e. The van der Waals surface area contributed by atoms with Crippen molar-refractivity contribution < 1.29 is 0 Å². The van der Waals surface area contributed by atoms with Gasteiger partial charge in [0.15, 0.2) is 0 Å². The molecule has 0 radical (unpaired) electrons. The predicted octanol–water partition coefficient (Wildman–Crippen LogP) is 2.55. The molecule has 2 nitrogen and oxygen atoms in total. The van der Waals surface area contributed by atoms with E-state index < -0.39 is 0 Å². The predicted molar refractivity (Wildman–Crippen MR) is 80.3 cm³/mol. The molecule has 2 aliphatic rings. The lowest BCUT2D eigenvalue weighted by Crippen LogP contribution is -2.45. The van der Waals surface area contributed by atoms with Gasteiger partial charge in [0.05, 0.1) is 0 Å². The average Bonchev–Trinajstić information content (AvgIpc) is 2.87. The number of piperidine rings is 1. The molecule has 2 saturated heterocycles. The molecule has 2 heteroatoms. The van der Waals surface area contributed by atoms with E-state index in [0.717, 1.165) is 17.9 Å². The third kappa shape index (κ3) is 3.18. The summed E-state index contributed by atoms with van der Waals surface area (Å²) in [7, 11) is 0. The fourth-order valence-electron chi connectivity index (χ4n) is 3.72. The zero-order chi connectivity index (χ0) is 13.1. The molecule has 104 valence electrons. The molecule has 2 aliphatic heterocycles. The van der Waals surface area contributed by atoms with Gasteiger partial charge in [-0.3, -0.25) is 4.90 Å². The molecular formula is C17H26N2. The number of likely N-dealkylation sites (tertiary alicyclic amines) is 1. The van der Waals surface area contributed by atoms with Crippen LogP contribution in [-0.4, -0.2) is 37.1 Å². The average molecular weight is 258 g/mol. The SMILES string of the molecule is CC1CNCC1N1CCC(Cc2ccccc2)CC1. The molecular weight excluding hydrogens is 232 g/mol. The van der Waals surface area contributed by atoms with Crippen LogP contribution in [0.1, 0.15) is 25.3 Å². The molecule has 0 saturated carbocycles. The molecule has 0 spiro atoms. The van der Waals surface area contributed by atoms with Crippen LogP contribution in [0.15, 0.2) is 30.3 Å². The van der Waals surface area contributed by atoms with E-state index >= 15 is 0 Å². The molecule has 0 aliphatic carbocycles. The lowest BCUT2D eigenvalue weighted by atomic mass is 9.89. The van der Waals surface area contributed by atoms with Gasteiger partial charge in [-0.05, 0) is 56.3 Å². The van der Waals surface area contributed by atoms with Crippen molar-refractivity contribution in [2.45, 2.75) is 32.2 Å². The van der Waals surface area contributed by atoms with Crippen molar-refractivity contribution in [2.24, 2.45) is 11.8 Å². The fraction of sp³-hybridized carbons (Fsp3) is 0.647. The van der Waals surface area contributed by atoms with Gasteiger partial charge in [-0.1, -0.05) is 37.3 Å². The Hall–Kier alpha value is -0.860. The normalized spacial score (nSPS) is 29.7. The van der Waals surface area contributed by atoms with E-state index in [9.17, 15) is 0 Å². The first kappa shape index (κ1) is 13.1. The Morgan fingerprint density at radius 3 is 2.47 bits per heavy atom. The maximum absolute atomic E-state index is 3.53. The van der Waals surface area contributed by atoms with Crippen LogP contribution in [0.2, 0.25) is 0 Å². The van der Waals surface area contributed by atoms with Gasteiger partial charge in [0.1, 0.15) is 0 Å². The maximum Gasteiger partial charge on any atom is 0.0258 e. The second-order valence-corrected chi connectivity index (χ2v) is 6.37. The Bertz CT molecular complexity index is 382. The third-order valence-electron chi connectivity index (χ3n) is 4.96. The summed E-state index contributed by atoms with van der Waals surface area (Å²) in [5.41, 5.74) is 1.51. The smallest absolute Gasteiger partial charge is 0.0258 e. The molecule has 19 heavy (non-hydrogen) atoms. The first-order valence-electron chi connectivity index (χ1n) is 7.81. The number of benzene rings is 1. The summed E-state index contributed by atoms with van der Waals surface area (Å²) in [5.74, 6) is 1.72. The Kier molecular flexibility index (Phi) is 4.19. The van der Waals surface area contributed by atoms with E-state index in [0.29, 0.717) is 0 Å². The van der Waals surface area contributed by atoms with Crippen LogP contribution < -0.4 is 5.32 Å². The number of rotatable bonds is 3. The van der Waals surface area contributed by atoms with E-state index in [4.69, 9.17) is 0 Å². The standard InChI is InChI=1S/C17H26N2/c1-14-12-18-13-17(14)19-9-7-16(8-10-19)11-15-5-3-2-4-6-15/h2-6,14,16-18H,7-13H2,1H3. The van der Waals surface area contributed by atoms with Crippen LogP contribution in [0.25, 0.3) is 0 Å². The monoisotopic (exact) mass is 258 g/mol. The summed E-state index contributed by atoms with van der Waals surface area (Å²) in [6.07, 6.45) is 4.02. The second kappa shape index (κ2) is 6.06. The molecule has 2 atom stereocenters. The zero-order valence-electron chi connectivity index (χ0n) is 12.0. The van der Waals surface area contributed by atoms with Crippen LogP contribution >= 0.6 is 0 Å². The van der Waals surface area contributed by atoms with Crippen molar-refractivity contribution in [1.29, 1.82) is 0 Å². The van der Waals surface area contributed by atoms with E-state index in [2.05, 4.69) is 47.5 Å². The number of nitrogens with one attached hydrogen (secondary N) is 1. The topological polar surface area (TPSA) is 15.3 Å². The quantitative estimate of drug-likeness (QED) is 0.896. The van der Waals surface area contributed by atoms with Crippen LogP contribution in [0.3, 0.4) is 0 Å².